The second-order valence-corrected chi connectivity index (χ2v) is 5.89. The Hall–Kier alpha value is -1.03. The van der Waals surface area contributed by atoms with Crippen LogP contribution in [0, 0.1) is 5.41 Å². The fourth-order valence-electron chi connectivity index (χ4n) is 2.48. The summed E-state index contributed by atoms with van der Waals surface area (Å²) in [5.74, 6) is 0.670. The number of rotatable bonds is 3. The molecule has 1 fully saturated rings. The molecule has 0 amide bonds. The first kappa shape index (κ1) is 13.4. The summed E-state index contributed by atoms with van der Waals surface area (Å²) in [5, 5.41) is 3.99. The van der Waals surface area contributed by atoms with Crippen LogP contribution in [0.5, 0.6) is 6.01 Å². The van der Waals surface area contributed by atoms with Crippen molar-refractivity contribution in [2.24, 2.45) is 5.41 Å². The first-order chi connectivity index (χ1) is 8.53. The van der Waals surface area contributed by atoms with Crippen LogP contribution in [0.15, 0.2) is 6.20 Å². The second kappa shape index (κ2) is 5.31. The molecule has 1 aromatic rings. The molecule has 5 heteroatoms. The summed E-state index contributed by atoms with van der Waals surface area (Å²) in [4.78, 5) is 8.26. The highest BCUT2D eigenvalue weighted by atomic mass is 35.5. The number of anilines is 1. The number of hydrogen-bond acceptors (Lipinski definition) is 4. The fraction of sp³-hybridized carbons (Fsp3) is 0.692. The molecule has 0 spiro atoms. The van der Waals surface area contributed by atoms with E-state index in [0.717, 1.165) is 6.42 Å². The van der Waals surface area contributed by atoms with Gasteiger partial charge in [-0.2, -0.15) is 4.98 Å². The number of nitrogens with one attached hydrogen (secondary N) is 1. The van der Waals surface area contributed by atoms with Gasteiger partial charge in [-0.25, -0.2) is 4.98 Å². The van der Waals surface area contributed by atoms with Crippen LogP contribution < -0.4 is 10.1 Å². The van der Waals surface area contributed by atoms with Crippen molar-refractivity contribution in [2.75, 3.05) is 12.4 Å². The smallest absolute Gasteiger partial charge is 0.318 e. The quantitative estimate of drug-likeness (QED) is 0.912. The molecule has 1 N–H and O–H groups in total. The Bertz CT molecular complexity index is 423. The number of ether oxygens (including phenoxy) is 1. The summed E-state index contributed by atoms with van der Waals surface area (Å²) in [6.45, 7) is 4.58. The van der Waals surface area contributed by atoms with Crippen LogP contribution in [0.3, 0.4) is 0 Å². The van der Waals surface area contributed by atoms with E-state index in [1.807, 2.05) is 0 Å². The number of nitrogens with zero attached hydrogens (tertiary/aromatic N) is 2. The van der Waals surface area contributed by atoms with E-state index in [-0.39, 0.29) is 5.41 Å². The SMILES string of the molecule is COc1ncc(Cl)c(NC2CCCCC2(C)C)n1. The van der Waals surface area contributed by atoms with Crippen LogP contribution >= 0.6 is 11.6 Å². The summed E-state index contributed by atoms with van der Waals surface area (Å²) >= 11 is 6.12. The minimum atomic E-state index is 0.264. The van der Waals surface area contributed by atoms with E-state index in [4.69, 9.17) is 16.3 Å². The number of halogens is 1. The Morgan fingerprint density at radius 3 is 2.89 bits per heavy atom. The topological polar surface area (TPSA) is 47.0 Å². The van der Waals surface area contributed by atoms with E-state index in [0.29, 0.717) is 22.9 Å². The van der Waals surface area contributed by atoms with Crippen molar-refractivity contribution in [2.45, 2.75) is 45.6 Å². The van der Waals surface area contributed by atoms with Crippen molar-refractivity contribution in [3.63, 3.8) is 0 Å². The maximum absolute atomic E-state index is 6.12. The van der Waals surface area contributed by atoms with Gasteiger partial charge in [-0.3, -0.25) is 0 Å². The number of hydrogen-bond donors (Lipinski definition) is 1. The van der Waals surface area contributed by atoms with Crippen LogP contribution in [0.2, 0.25) is 5.02 Å². The predicted octanol–water partition coefficient (Wildman–Crippen LogP) is 3.52. The molecule has 1 aliphatic rings. The van der Waals surface area contributed by atoms with Gasteiger partial charge < -0.3 is 10.1 Å². The molecule has 0 aromatic carbocycles. The molecule has 0 aliphatic heterocycles. The Labute approximate surface area is 113 Å². The molecule has 100 valence electrons. The molecule has 1 saturated carbocycles. The van der Waals surface area contributed by atoms with Crippen LogP contribution in [0.1, 0.15) is 39.5 Å². The largest absolute Gasteiger partial charge is 0.467 e. The lowest BCUT2D eigenvalue weighted by Crippen LogP contribution is -2.39. The summed E-state index contributed by atoms with van der Waals surface area (Å²) in [6.07, 6.45) is 6.50. The number of aromatic nitrogens is 2. The third-order valence-corrected chi connectivity index (χ3v) is 4.00. The van der Waals surface area contributed by atoms with Crippen molar-refractivity contribution in [1.29, 1.82) is 0 Å². The highest BCUT2D eigenvalue weighted by Gasteiger charge is 2.32. The Balaban J connectivity index is 2.17. The molecule has 1 heterocycles. The summed E-state index contributed by atoms with van der Waals surface area (Å²) < 4.78 is 5.03. The van der Waals surface area contributed by atoms with Gasteiger partial charge in [0.2, 0.25) is 0 Å². The fourth-order valence-corrected chi connectivity index (χ4v) is 2.62. The number of methoxy groups -OCH3 is 1. The summed E-state index contributed by atoms with van der Waals surface area (Å²) in [5.41, 5.74) is 0.264. The molecule has 2 rings (SSSR count). The summed E-state index contributed by atoms with van der Waals surface area (Å²) in [7, 11) is 1.55. The third-order valence-electron chi connectivity index (χ3n) is 3.72. The zero-order valence-corrected chi connectivity index (χ0v) is 11.9. The van der Waals surface area contributed by atoms with Gasteiger partial charge in [0.05, 0.1) is 13.3 Å². The monoisotopic (exact) mass is 269 g/mol. The lowest BCUT2D eigenvalue weighted by atomic mass is 9.73. The van der Waals surface area contributed by atoms with Crippen molar-refractivity contribution >= 4 is 17.4 Å². The Kier molecular flexibility index (Phi) is 3.95. The van der Waals surface area contributed by atoms with Gasteiger partial charge in [-0.1, -0.05) is 38.3 Å². The zero-order valence-electron chi connectivity index (χ0n) is 11.2. The van der Waals surface area contributed by atoms with E-state index in [9.17, 15) is 0 Å². The van der Waals surface area contributed by atoms with Crippen molar-refractivity contribution < 1.29 is 4.74 Å². The molecule has 1 aliphatic carbocycles. The van der Waals surface area contributed by atoms with E-state index in [2.05, 4.69) is 29.1 Å². The normalized spacial score (nSPS) is 22.6. The van der Waals surface area contributed by atoms with Gasteiger partial charge in [-0.05, 0) is 18.3 Å². The van der Waals surface area contributed by atoms with Crippen molar-refractivity contribution in [1.82, 2.24) is 9.97 Å². The molecule has 1 unspecified atom stereocenters. The average molecular weight is 270 g/mol. The maximum atomic E-state index is 6.12. The zero-order chi connectivity index (χ0) is 13.2. The van der Waals surface area contributed by atoms with Gasteiger partial charge in [0.1, 0.15) is 5.02 Å². The first-order valence-electron chi connectivity index (χ1n) is 6.36. The average Bonchev–Trinajstić information content (AvgIpc) is 2.34. The van der Waals surface area contributed by atoms with Gasteiger partial charge in [0, 0.05) is 6.04 Å². The van der Waals surface area contributed by atoms with Gasteiger partial charge in [-0.15, -0.1) is 0 Å². The molecular weight excluding hydrogens is 250 g/mol. The molecule has 0 bridgehead atoms. The molecule has 0 radical (unpaired) electrons. The van der Waals surface area contributed by atoms with Crippen LogP contribution in [-0.4, -0.2) is 23.1 Å². The minimum absolute atomic E-state index is 0.264. The first-order valence-corrected chi connectivity index (χ1v) is 6.74. The van der Waals surface area contributed by atoms with E-state index < -0.39 is 0 Å². The van der Waals surface area contributed by atoms with E-state index in [1.54, 1.807) is 13.3 Å². The van der Waals surface area contributed by atoms with Gasteiger partial charge in [0.25, 0.3) is 0 Å². The summed E-state index contributed by atoms with van der Waals surface area (Å²) in [6, 6.07) is 0.735. The predicted molar refractivity (Wildman–Crippen MR) is 73.3 cm³/mol. The molecule has 1 atom stereocenters. The molecule has 0 saturated heterocycles. The second-order valence-electron chi connectivity index (χ2n) is 5.48. The standard InChI is InChI=1S/C13H20ClN3O/c1-13(2)7-5-4-6-10(13)16-11-9(14)8-15-12(17-11)18-3/h8,10H,4-7H2,1-3H3,(H,15,16,17). The minimum Gasteiger partial charge on any atom is -0.467 e. The van der Waals surface area contributed by atoms with E-state index >= 15 is 0 Å². The lowest BCUT2D eigenvalue weighted by Gasteiger charge is -2.39. The van der Waals surface area contributed by atoms with Gasteiger partial charge in [0.15, 0.2) is 5.82 Å². The molecular formula is C13H20ClN3O. The molecule has 18 heavy (non-hydrogen) atoms. The lowest BCUT2D eigenvalue weighted by molar-refractivity contribution is 0.216. The van der Waals surface area contributed by atoms with Crippen LogP contribution in [-0.2, 0) is 0 Å². The van der Waals surface area contributed by atoms with Crippen molar-refractivity contribution in [3.8, 4) is 6.01 Å². The Morgan fingerprint density at radius 2 is 2.22 bits per heavy atom. The van der Waals surface area contributed by atoms with Crippen LogP contribution in [0.25, 0.3) is 0 Å². The maximum Gasteiger partial charge on any atom is 0.318 e. The van der Waals surface area contributed by atoms with Gasteiger partial charge >= 0.3 is 6.01 Å². The highest BCUT2D eigenvalue weighted by Crippen LogP contribution is 2.37. The van der Waals surface area contributed by atoms with Crippen molar-refractivity contribution in [3.05, 3.63) is 11.2 Å². The third kappa shape index (κ3) is 2.86. The van der Waals surface area contributed by atoms with Crippen LogP contribution in [0.4, 0.5) is 5.82 Å². The molecule has 1 aromatic heterocycles. The highest BCUT2D eigenvalue weighted by molar-refractivity contribution is 6.32. The molecule has 4 nitrogen and oxygen atoms in total. The Morgan fingerprint density at radius 1 is 1.44 bits per heavy atom. The van der Waals surface area contributed by atoms with E-state index in [1.165, 1.54) is 19.3 Å².